The molecule has 4 heteroatoms. The molecule has 1 aromatic heterocycles. The predicted octanol–water partition coefficient (Wildman–Crippen LogP) is 2.65. The van der Waals surface area contributed by atoms with Gasteiger partial charge in [0.05, 0.1) is 12.2 Å². The Morgan fingerprint density at radius 3 is 3.10 bits per heavy atom. The second-order valence-electron chi connectivity index (χ2n) is 5.93. The summed E-state index contributed by atoms with van der Waals surface area (Å²) in [5.41, 5.74) is 3.67. The van der Waals surface area contributed by atoms with Gasteiger partial charge in [0.1, 0.15) is 0 Å². The van der Waals surface area contributed by atoms with Crippen molar-refractivity contribution in [2.45, 2.75) is 57.9 Å². The molecule has 20 heavy (non-hydrogen) atoms. The van der Waals surface area contributed by atoms with Gasteiger partial charge in [-0.2, -0.15) is 5.10 Å². The molecular weight excluding hydrogens is 250 g/mol. The number of nitrogens with one attached hydrogen (secondary N) is 2. The molecule has 0 radical (unpaired) electrons. The molecule has 0 aromatic carbocycles. The zero-order chi connectivity index (χ0) is 13.8. The Kier molecular flexibility index (Phi) is 4.19. The summed E-state index contributed by atoms with van der Waals surface area (Å²) in [6, 6.07) is 0. The molecule has 2 aliphatic rings. The smallest absolute Gasteiger partial charge is 0.220 e. The molecule has 0 fully saturated rings. The van der Waals surface area contributed by atoms with Gasteiger partial charge in [-0.25, -0.2) is 0 Å². The second kappa shape index (κ2) is 6.25. The standard InChI is InChI=1S/C16H23N3O/c20-16(10-12-6-4-5-7-12)17-11-15-13-8-2-1-3-9-14(13)18-19-15/h4,6,12H,1-3,5,7-11H2,(H,17,20)(H,18,19). The van der Waals surface area contributed by atoms with Gasteiger partial charge in [0.2, 0.25) is 5.91 Å². The molecule has 1 aromatic rings. The molecule has 1 heterocycles. The number of allylic oxidation sites excluding steroid dienone is 2. The number of carbonyl (C=O) groups is 1. The Bertz CT molecular complexity index is 504. The van der Waals surface area contributed by atoms with E-state index in [0.717, 1.165) is 31.4 Å². The van der Waals surface area contributed by atoms with Crippen LogP contribution in [0.2, 0.25) is 0 Å². The van der Waals surface area contributed by atoms with Crippen molar-refractivity contribution in [2.75, 3.05) is 0 Å². The van der Waals surface area contributed by atoms with Crippen LogP contribution in [0.25, 0.3) is 0 Å². The molecule has 0 saturated carbocycles. The molecule has 1 unspecified atom stereocenters. The minimum atomic E-state index is 0.145. The number of aromatic nitrogens is 2. The number of rotatable bonds is 4. The number of aryl methyl sites for hydroxylation is 1. The van der Waals surface area contributed by atoms with Crippen LogP contribution < -0.4 is 5.32 Å². The first-order valence-corrected chi connectivity index (χ1v) is 7.81. The number of fused-ring (bicyclic) bond motifs is 1. The van der Waals surface area contributed by atoms with Crippen molar-refractivity contribution < 1.29 is 4.79 Å². The lowest BCUT2D eigenvalue weighted by Crippen LogP contribution is -2.25. The highest BCUT2D eigenvalue weighted by Gasteiger charge is 2.17. The van der Waals surface area contributed by atoms with Crippen LogP contribution in [0, 0.1) is 5.92 Å². The number of nitrogens with zero attached hydrogens (tertiary/aromatic N) is 1. The van der Waals surface area contributed by atoms with E-state index in [4.69, 9.17) is 0 Å². The Balaban J connectivity index is 1.54. The third-order valence-corrected chi connectivity index (χ3v) is 4.40. The lowest BCUT2D eigenvalue weighted by molar-refractivity contribution is -0.121. The lowest BCUT2D eigenvalue weighted by Gasteiger charge is -2.08. The van der Waals surface area contributed by atoms with E-state index in [2.05, 4.69) is 27.7 Å². The van der Waals surface area contributed by atoms with Crippen molar-refractivity contribution in [1.29, 1.82) is 0 Å². The third kappa shape index (κ3) is 3.11. The molecule has 0 aliphatic heterocycles. The number of hydrogen-bond acceptors (Lipinski definition) is 2. The van der Waals surface area contributed by atoms with E-state index in [9.17, 15) is 4.79 Å². The van der Waals surface area contributed by atoms with Crippen molar-refractivity contribution in [3.8, 4) is 0 Å². The molecule has 0 spiro atoms. The van der Waals surface area contributed by atoms with Crippen LogP contribution in [-0.4, -0.2) is 16.1 Å². The zero-order valence-corrected chi connectivity index (χ0v) is 12.0. The molecule has 2 aliphatic carbocycles. The van der Waals surface area contributed by atoms with Crippen LogP contribution in [0.15, 0.2) is 12.2 Å². The van der Waals surface area contributed by atoms with E-state index < -0.39 is 0 Å². The summed E-state index contributed by atoms with van der Waals surface area (Å²) >= 11 is 0. The highest BCUT2D eigenvalue weighted by atomic mass is 16.1. The van der Waals surface area contributed by atoms with E-state index >= 15 is 0 Å². The van der Waals surface area contributed by atoms with Gasteiger partial charge in [-0.1, -0.05) is 18.6 Å². The molecule has 108 valence electrons. The fourth-order valence-corrected chi connectivity index (χ4v) is 3.23. The van der Waals surface area contributed by atoms with Crippen molar-refractivity contribution in [3.05, 3.63) is 29.1 Å². The molecule has 3 rings (SSSR count). The fraction of sp³-hybridized carbons (Fsp3) is 0.625. The first-order chi connectivity index (χ1) is 9.83. The normalized spacial score (nSPS) is 21.5. The molecule has 0 bridgehead atoms. The molecular formula is C16H23N3O. The van der Waals surface area contributed by atoms with Gasteiger partial charge in [0, 0.05) is 12.1 Å². The van der Waals surface area contributed by atoms with E-state index in [1.54, 1.807) is 0 Å². The van der Waals surface area contributed by atoms with Crippen molar-refractivity contribution >= 4 is 5.91 Å². The Hall–Kier alpha value is -1.58. The number of hydrogen-bond donors (Lipinski definition) is 2. The van der Waals surface area contributed by atoms with Crippen molar-refractivity contribution in [2.24, 2.45) is 5.92 Å². The average Bonchev–Trinajstić information content (AvgIpc) is 3.02. The van der Waals surface area contributed by atoms with Crippen LogP contribution in [-0.2, 0) is 24.2 Å². The van der Waals surface area contributed by atoms with Gasteiger partial charge >= 0.3 is 0 Å². The molecule has 1 amide bonds. The van der Waals surface area contributed by atoms with Crippen LogP contribution >= 0.6 is 0 Å². The van der Waals surface area contributed by atoms with E-state index in [-0.39, 0.29) is 5.91 Å². The zero-order valence-electron chi connectivity index (χ0n) is 12.0. The Morgan fingerprint density at radius 1 is 1.35 bits per heavy atom. The lowest BCUT2D eigenvalue weighted by atomic mass is 10.0. The van der Waals surface area contributed by atoms with Gasteiger partial charge in [-0.05, 0) is 50.0 Å². The Labute approximate surface area is 120 Å². The summed E-state index contributed by atoms with van der Waals surface area (Å²) in [5, 5.41) is 10.6. The van der Waals surface area contributed by atoms with Gasteiger partial charge in [0.25, 0.3) is 0 Å². The second-order valence-corrected chi connectivity index (χ2v) is 5.93. The Morgan fingerprint density at radius 2 is 2.25 bits per heavy atom. The first-order valence-electron chi connectivity index (χ1n) is 7.81. The van der Waals surface area contributed by atoms with Crippen LogP contribution in [0.5, 0.6) is 0 Å². The maximum atomic E-state index is 11.9. The van der Waals surface area contributed by atoms with Crippen LogP contribution in [0.1, 0.15) is 55.5 Å². The topological polar surface area (TPSA) is 57.8 Å². The quantitative estimate of drug-likeness (QED) is 0.654. The van der Waals surface area contributed by atoms with Gasteiger partial charge in [0.15, 0.2) is 0 Å². The van der Waals surface area contributed by atoms with Gasteiger partial charge in [-0.3, -0.25) is 9.89 Å². The number of carbonyl (C=O) groups excluding carboxylic acids is 1. The van der Waals surface area contributed by atoms with E-state index in [0.29, 0.717) is 18.9 Å². The van der Waals surface area contributed by atoms with Crippen molar-refractivity contribution in [3.63, 3.8) is 0 Å². The summed E-state index contributed by atoms with van der Waals surface area (Å²) in [4.78, 5) is 11.9. The summed E-state index contributed by atoms with van der Waals surface area (Å²) in [6.45, 7) is 0.571. The fourth-order valence-electron chi connectivity index (χ4n) is 3.23. The van der Waals surface area contributed by atoms with Crippen LogP contribution in [0.3, 0.4) is 0 Å². The van der Waals surface area contributed by atoms with E-state index in [1.807, 2.05) is 0 Å². The van der Waals surface area contributed by atoms with Gasteiger partial charge in [-0.15, -0.1) is 0 Å². The maximum absolute atomic E-state index is 11.9. The maximum Gasteiger partial charge on any atom is 0.220 e. The highest BCUT2D eigenvalue weighted by Crippen LogP contribution is 2.22. The predicted molar refractivity (Wildman–Crippen MR) is 78.2 cm³/mol. The number of H-pyrrole nitrogens is 1. The summed E-state index contributed by atoms with van der Waals surface area (Å²) in [7, 11) is 0. The summed E-state index contributed by atoms with van der Waals surface area (Å²) < 4.78 is 0. The summed E-state index contributed by atoms with van der Waals surface area (Å²) in [5.74, 6) is 0.582. The third-order valence-electron chi connectivity index (χ3n) is 4.40. The van der Waals surface area contributed by atoms with E-state index in [1.165, 1.54) is 30.5 Å². The first kappa shape index (κ1) is 13.4. The minimum Gasteiger partial charge on any atom is -0.350 e. The number of aromatic amines is 1. The SMILES string of the molecule is O=C(CC1C=CCC1)NCc1n[nH]c2c1CCCCC2. The highest BCUT2D eigenvalue weighted by molar-refractivity contribution is 5.76. The summed E-state index contributed by atoms with van der Waals surface area (Å²) in [6.07, 6.45) is 13.2. The largest absolute Gasteiger partial charge is 0.350 e. The van der Waals surface area contributed by atoms with Crippen molar-refractivity contribution in [1.82, 2.24) is 15.5 Å². The average molecular weight is 273 g/mol. The number of amides is 1. The molecule has 4 nitrogen and oxygen atoms in total. The monoisotopic (exact) mass is 273 g/mol. The van der Waals surface area contributed by atoms with Gasteiger partial charge < -0.3 is 5.32 Å². The molecule has 1 atom stereocenters. The van der Waals surface area contributed by atoms with Crippen LogP contribution in [0.4, 0.5) is 0 Å². The minimum absolute atomic E-state index is 0.145. The molecule has 2 N–H and O–H groups in total. The molecule has 0 saturated heterocycles.